The number of aromatic nitrogens is 4. The van der Waals surface area contributed by atoms with Gasteiger partial charge in [-0.2, -0.15) is 0 Å². The highest BCUT2D eigenvalue weighted by atomic mass is 35.5. The highest BCUT2D eigenvalue weighted by Gasteiger charge is 2.40. The zero-order valence-electron chi connectivity index (χ0n) is 21.6. The lowest BCUT2D eigenvalue weighted by molar-refractivity contribution is 0.0158. The molecule has 38 heavy (non-hydrogen) atoms. The van der Waals surface area contributed by atoms with Crippen LogP contribution in [0.3, 0.4) is 0 Å². The Morgan fingerprint density at radius 1 is 1.05 bits per heavy atom. The summed E-state index contributed by atoms with van der Waals surface area (Å²) in [6.07, 6.45) is 2.33. The van der Waals surface area contributed by atoms with Crippen LogP contribution in [-0.4, -0.2) is 73.1 Å². The zero-order chi connectivity index (χ0) is 26.9. The smallest absolute Gasteiger partial charge is 0.294 e. The van der Waals surface area contributed by atoms with Gasteiger partial charge in [-0.3, -0.25) is 9.59 Å². The first-order valence-electron chi connectivity index (χ1n) is 12.6. The molecule has 2 aromatic heterocycles. The number of nitrogens with zero attached hydrogens (tertiary/aromatic N) is 6. The van der Waals surface area contributed by atoms with Crippen LogP contribution in [0.5, 0.6) is 5.88 Å². The Hall–Kier alpha value is -3.98. The second-order valence-corrected chi connectivity index (χ2v) is 10.3. The van der Waals surface area contributed by atoms with Gasteiger partial charge in [0.2, 0.25) is 11.7 Å². The predicted molar refractivity (Wildman–Crippen MR) is 145 cm³/mol. The van der Waals surface area contributed by atoms with Crippen LogP contribution in [0.15, 0.2) is 60.9 Å². The molecule has 1 aliphatic heterocycles. The number of carbonyl (C=O) groups excluding carboxylic acids is 2. The number of hydrogen-bond donors (Lipinski definition) is 0. The number of carbonyl (C=O) groups is 2. The number of hydrogen-bond acceptors (Lipinski definition) is 6. The van der Waals surface area contributed by atoms with Crippen molar-refractivity contribution in [2.24, 2.45) is 0 Å². The van der Waals surface area contributed by atoms with E-state index in [9.17, 15) is 9.59 Å². The first-order valence-corrected chi connectivity index (χ1v) is 13.0. The van der Waals surface area contributed by atoms with Gasteiger partial charge in [0.15, 0.2) is 0 Å². The molecule has 0 atom stereocenters. The summed E-state index contributed by atoms with van der Waals surface area (Å²) in [4.78, 5) is 39.2. The molecule has 1 saturated heterocycles. The summed E-state index contributed by atoms with van der Waals surface area (Å²) < 4.78 is 7.39. The molecule has 10 heteroatoms. The van der Waals surface area contributed by atoms with Crippen LogP contribution in [0.2, 0.25) is 5.02 Å². The van der Waals surface area contributed by atoms with Crippen LogP contribution in [0, 0.1) is 0 Å². The van der Waals surface area contributed by atoms with E-state index in [0.717, 1.165) is 17.2 Å². The van der Waals surface area contributed by atoms with Crippen molar-refractivity contribution < 1.29 is 14.3 Å². The number of ether oxygens (including phenoxy) is 1. The molecule has 0 N–H and O–H groups in total. The predicted octanol–water partition coefficient (Wildman–Crippen LogP) is 4.63. The molecule has 1 fully saturated rings. The van der Waals surface area contributed by atoms with Gasteiger partial charge in [-0.05, 0) is 56.0 Å². The van der Waals surface area contributed by atoms with E-state index in [4.69, 9.17) is 16.3 Å². The Morgan fingerprint density at radius 2 is 1.87 bits per heavy atom. The Morgan fingerprint density at radius 3 is 2.63 bits per heavy atom. The van der Waals surface area contributed by atoms with Gasteiger partial charge in [0.05, 0.1) is 17.8 Å². The zero-order valence-corrected chi connectivity index (χ0v) is 22.4. The topological polar surface area (TPSA) is 93.5 Å². The van der Waals surface area contributed by atoms with Gasteiger partial charge < -0.3 is 14.5 Å². The summed E-state index contributed by atoms with van der Waals surface area (Å²) in [6.45, 7) is 7.45. The van der Waals surface area contributed by atoms with E-state index < -0.39 is 5.54 Å². The number of amides is 2. The molecule has 0 radical (unpaired) electrons. The standard InChI is InChI=1S/C28H29ClN6O3/c1-4-14-38-25-22-11-6-5-8-19(22)15-23(31-25)26(36)33-12-13-34(28(2,3)17-33)27(37)24-30-18-35(32-24)21-10-7-9-20(29)16-21/h5-11,15-16,18H,4,12-14,17H2,1-3H3. The van der Waals surface area contributed by atoms with E-state index in [2.05, 4.69) is 15.1 Å². The summed E-state index contributed by atoms with van der Waals surface area (Å²) in [6, 6.07) is 16.7. The maximum Gasteiger partial charge on any atom is 0.294 e. The number of fused-ring (bicyclic) bond motifs is 1. The lowest BCUT2D eigenvalue weighted by atomic mass is 9.98. The van der Waals surface area contributed by atoms with E-state index in [1.165, 1.54) is 11.0 Å². The molecule has 3 heterocycles. The van der Waals surface area contributed by atoms with Crippen molar-refractivity contribution in [1.29, 1.82) is 0 Å². The fraction of sp³-hybridized carbons (Fsp3) is 0.321. The molecule has 0 saturated carbocycles. The normalized spacial score (nSPS) is 15.1. The maximum atomic E-state index is 13.6. The number of piperazine rings is 1. The number of benzene rings is 2. The minimum atomic E-state index is -0.648. The summed E-state index contributed by atoms with van der Waals surface area (Å²) in [5.41, 5.74) is 0.390. The summed E-state index contributed by atoms with van der Waals surface area (Å²) >= 11 is 6.09. The van der Waals surface area contributed by atoms with Crippen molar-refractivity contribution >= 4 is 34.2 Å². The molecule has 2 aromatic carbocycles. The molecule has 1 aliphatic rings. The second-order valence-electron chi connectivity index (χ2n) is 9.87. The minimum absolute atomic E-state index is 0.0896. The van der Waals surface area contributed by atoms with E-state index in [1.807, 2.05) is 57.2 Å². The van der Waals surface area contributed by atoms with Gasteiger partial charge in [-0.15, -0.1) is 5.10 Å². The highest BCUT2D eigenvalue weighted by Crippen LogP contribution is 2.28. The SMILES string of the molecule is CCCOc1nc(C(=O)N2CCN(C(=O)c3ncn(-c4cccc(Cl)c4)n3)C(C)(C)C2)cc2ccccc12. The van der Waals surface area contributed by atoms with E-state index in [-0.39, 0.29) is 17.6 Å². The van der Waals surface area contributed by atoms with Crippen molar-refractivity contribution in [3.05, 3.63) is 77.5 Å². The Balaban J connectivity index is 1.34. The molecular formula is C28H29ClN6O3. The van der Waals surface area contributed by atoms with Gasteiger partial charge >= 0.3 is 0 Å². The molecule has 0 bridgehead atoms. The maximum absolute atomic E-state index is 13.6. The molecule has 2 amide bonds. The van der Waals surface area contributed by atoms with Crippen molar-refractivity contribution in [3.63, 3.8) is 0 Å². The van der Waals surface area contributed by atoms with Crippen LogP contribution in [-0.2, 0) is 0 Å². The van der Waals surface area contributed by atoms with Crippen molar-refractivity contribution in [1.82, 2.24) is 29.5 Å². The van der Waals surface area contributed by atoms with E-state index in [0.29, 0.717) is 48.5 Å². The first-order chi connectivity index (χ1) is 18.3. The van der Waals surface area contributed by atoms with Crippen LogP contribution in [0.1, 0.15) is 48.3 Å². The Labute approximate surface area is 226 Å². The summed E-state index contributed by atoms with van der Waals surface area (Å²) in [5, 5.41) is 6.71. The molecule has 5 rings (SSSR count). The quantitative estimate of drug-likeness (QED) is 0.359. The monoisotopic (exact) mass is 532 g/mol. The van der Waals surface area contributed by atoms with Crippen LogP contribution >= 0.6 is 11.6 Å². The summed E-state index contributed by atoms with van der Waals surface area (Å²) in [7, 11) is 0. The average Bonchev–Trinajstić information content (AvgIpc) is 3.41. The molecule has 0 unspecified atom stereocenters. The van der Waals surface area contributed by atoms with Gasteiger partial charge in [-0.25, -0.2) is 14.6 Å². The van der Waals surface area contributed by atoms with Crippen LogP contribution in [0.4, 0.5) is 0 Å². The van der Waals surface area contributed by atoms with Crippen molar-refractivity contribution in [2.75, 3.05) is 26.2 Å². The molecule has 0 spiro atoms. The number of halogens is 1. The van der Waals surface area contributed by atoms with Crippen LogP contribution in [0.25, 0.3) is 16.5 Å². The third-order valence-corrected chi connectivity index (χ3v) is 6.79. The molecule has 196 valence electrons. The lowest BCUT2D eigenvalue weighted by Crippen LogP contribution is -2.62. The van der Waals surface area contributed by atoms with Crippen LogP contribution < -0.4 is 4.74 Å². The third-order valence-electron chi connectivity index (χ3n) is 6.56. The lowest BCUT2D eigenvalue weighted by Gasteiger charge is -2.46. The van der Waals surface area contributed by atoms with E-state index >= 15 is 0 Å². The third kappa shape index (κ3) is 5.06. The number of pyridine rings is 1. The Bertz CT molecular complexity index is 1500. The van der Waals surface area contributed by atoms with Gasteiger partial charge in [-0.1, -0.05) is 42.8 Å². The molecule has 4 aromatic rings. The molecule has 0 aliphatic carbocycles. The highest BCUT2D eigenvalue weighted by molar-refractivity contribution is 6.30. The number of rotatable bonds is 6. The summed E-state index contributed by atoms with van der Waals surface area (Å²) in [5.74, 6) is 0.0667. The van der Waals surface area contributed by atoms with E-state index in [1.54, 1.807) is 28.0 Å². The fourth-order valence-corrected chi connectivity index (χ4v) is 4.86. The molecule has 9 nitrogen and oxygen atoms in total. The van der Waals surface area contributed by atoms with Gasteiger partial charge in [0, 0.05) is 30.0 Å². The van der Waals surface area contributed by atoms with Gasteiger partial charge in [0.25, 0.3) is 11.8 Å². The second kappa shape index (κ2) is 10.4. The first kappa shape index (κ1) is 25.7. The largest absolute Gasteiger partial charge is 0.477 e. The molecular weight excluding hydrogens is 504 g/mol. The van der Waals surface area contributed by atoms with Gasteiger partial charge in [0.1, 0.15) is 12.0 Å². The Kier molecular flexibility index (Phi) is 7.03. The average molecular weight is 533 g/mol. The minimum Gasteiger partial charge on any atom is -0.477 e. The fourth-order valence-electron chi connectivity index (χ4n) is 4.68. The van der Waals surface area contributed by atoms with Crippen molar-refractivity contribution in [3.8, 4) is 11.6 Å². The van der Waals surface area contributed by atoms with Crippen molar-refractivity contribution in [2.45, 2.75) is 32.7 Å².